The third-order valence-corrected chi connectivity index (χ3v) is 0.819. The van der Waals surface area contributed by atoms with Crippen molar-refractivity contribution in [3.05, 3.63) is 0 Å². The summed E-state index contributed by atoms with van der Waals surface area (Å²) < 4.78 is 23.4. The quantitative estimate of drug-likeness (QED) is 0.417. The predicted molar refractivity (Wildman–Crippen MR) is 21.0 cm³/mol. The summed E-state index contributed by atoms with van der Waals surface area (Å²) in [6.07, 6.45) is -2.81. The normalized spacial score (nSPS) is 28.3. The molecule has 7 heavy (non-hydrogen) atoms. The zero-order chi connectivity index (χ0) is 5.33. The first-order valence-corrected chi connectivity index (χ1v) is 2.09. The Morgan fingerprint density at radius 3 is 1.71 bits per heavy atom. The van der Waals surface area contributed by atoms with Gasteiger partial charge in [0.1, 0.15) is 0 Å². The molecule has 1 saturated heterocycles. The van der Waals surface area contributed by atoms with Gasteiger partial charge in [-0.05, 0) is 0 Å². The van der Waals surface area contributed by atoms with E-state index in [1.165, 1.54) is 0 Å². The summed E-state index contributed by atoms with van der Waals surface area (Å²) in [5, 5.41) is 3.90. The molecule has 0 saturated carbocycles. The average Bonchev–Trinajstić information content (AvgIpc) is 1.84. The van der Waals surface area contributed by atoms with E-state index < -0.39 is 6.17 Å². The van der Waals surface area contributed by atoms with Crippen molar-refractivity contribution < 1.29 is 8.78 Å². The Labute approximate surface area is 39.9 Å². The van der Waals surface area contributed by atoms with Crippen LogP contribution in [-0.2, 0) is 0 Å². The number of alkyl halides is 2. The lowest BCUT2D eigenvalue weighted by atomic mass is 10.7. The third kappa shape index (κ3) is 1.07. The first kappa shape index (κ1) is 4.93. The van der Waals surface area contributed by atoms with Gasteiger partial charge in [-0.15, -0.1) is 0 Å². The molecule has 0 amide bonds. The summed E-state index contributed by atoms with van der Waals surface area (Å²) in [5.74, 6) is 0. The van der Waals surface area contributed by atoms with Gasteiger partial charge in [0.25, 0.3) is 0 Å². The SMILES string of the molecule is FC1(F)NCCN1. The van der Waals surface area contributed by atoms with E-state index in [0.717, 1.165) is 0 Å². The Morgan fingerprint density at radius 2 is 1.57 bits per heavy atom. The van der Waals surface area contributed by atoms with Crippen LogP contribution in [0, 0.1) is 0 Å². The van der Waals surface area contributed by atoms with Crippen LogP contribution in [0.5, 0.6) is 0 Å². The minimum Gasteiger partial charge on any atom is -0.243 e. The molecule has 0 radical (unpaired) electrons. The summed E-state index contributed by atoms with van der Waals surface area (Å²) in [7, 11) is 0. The highest BCUT2D eigenvalue weighted by atomic mass is 19.3. The fourth-order valence-electron chi connectivity index (χ4n) is 0.501. The molecule has 4 heteroatoms. The molecule has 0 aromatic rings. The van der Waals surface area contributed by atoms with Gasteiger partial charge in [-0.3, -0.25) is 0 Å². The summed E-state index contributed by atoms with van der Waals surface area (Å²) in [6.45, 7) is 0.708. The van der Waals surface area contributed by atoms with Gasteiger partial charge in [0.15, 0.2) is 0 Å². The third-order valence-electron chi connectivity index (χ3n) is 0.819. The smallest absolute Gasteiger partial charge is 0.243 e. The molecule has 1 heterocycles. The number of hydrogen-bond donors (Lipinski definition) is 2. The number of hydrogen-bond acceptors (Lipinski definition) is 2. The second-order valence-electron chi connectivity index (χ2n) is 1.43. The van der Waals surface area contributed by atoms with Crippen LogP contribution in [0.1, 0.15) is 0 Å². The molecule has 1 fully saturated rings. The molecule has 0 aromatic heterocycles. The van der Waals surface area contributed by atoms with Gasteiger partial charge >= 0.3 is 6.17 Å². The van der Waals surface area contributed by atoms with Gasteiger partial charge < -0.3 is 0 Å². The Bertz CT molecular complexity index is 65.3. The molecule has 1 aliphatic heterocycles. The van der Waals surface area contributed by atoms with Crippen LogP contribution < -0.4 is 10.6 Å². The molecule has 0 aliphatic carbocycles. The van der Waals surface area contributed by atoms with E-state index in [4.69, 9.17) is 0 Å². The Balaban J connectivity index is 2.40. The molecule has 2 nitrogen and oxygen atoms in total. The number of rotatable bonds is 0. The van der Waals surface area contributed by atoms with Crippen LogP contribution in [0.15, 0.2) is 0 Å². The molecule has 0 unspecified atom stereocenters. The number of nitrogens with one attached hydrogen (secondary N) is 2. The minimum atomic E-state index is -2.81. The van der Waals surface area contributed by atoms with Crippen molar-refractivity contribution in [1.82, 2.24) is 10.6 Å². The van der Waals surface area contributed by atoms with Crippen LogP contribution in [0.2, 0.25) is 0 Å². The van der Waals surface area contributed by atoms with Crippen molar-refractivity contribution in [3.63, 3.8) is 0 Å². The predicted octanol–water partition coefficient (Wildman–Crippen LogP) is -0.271. The summed E-state index contributed by atoms with van der Waals surface area (Å²) in [6, 6.07) is 0. The van der Waals surface area contributed by atoms with Crippen LogP contribution in [0.3, 0.4) is 0 Å². The molecule has 0 spiro atoms. The average molecular weight is 108 g/mol. The maximum absolute atomic E-state index is 11.7. The Morgan fingerprint density at radius 1 is 1.14 bits per heavy atom. The van der Waals surface area contributed by atoms with Gasteiger partial charge in [0, 0.05) is 13.1 Å². The van der Waals surface area contributed by atoms with Crippen LogP contribution in [-0.4, -0.2) is 19.3 Å². The molecule has 0 aromatic carbocycles. The molecule has 2 N–H and O–H groups in total. The van der Waals surface area contributed by atoms with Crippen molar-refractivity contribution in [1.29, 1.82) is 0 Å². The molecular formula is C3H6F2N2. The van der Waals surface area contributed by atoms with Crippen molar-refractivity contribution in [2.24, 2.45) is 0 Å². The van der Waals surface area contributed by atoms with E-state index >= 15 is 0 Å². The largest absolute Gasteiger partial charge is 0.364 e. The van der Waals surface area contributed by atoms with Gasteiger partial charge in [-0.25, -0.2) is 10.6 Å². The maximum Gasteiger partial charge on any atom is 0.364 e. The van der Waals surface area contributed by atoms with Crippen molar-refractivity contribution in [3.8, 4) is 0 Å². The highest BCUT2D eigenvalue weighted by molar-refractivity contribution is 4.69. The van der Waals surface area contributed by atoms with Crippen molar-refractivity contribution in [2.45, 2.75) is 6.17 Å². The van der Waals surface area contributed by atoms with Gasteiger partial charge in [0.05, 0.1) is 0 Å². The molecule has 1 aliphatic rings. The molecule has 0 bridgehead atoms. The Kier molecular flexibility index (Phi) is 0.972. The van der Waals surface area contributed by atoms with E-state index in [-0.39, 0.29) is 0 Å². The van der Waals surface area contributed by atoms with E-state index in [0.29, 0.717) is 13.1 Å². The lowest BCUT2D eigenvalue weighted by Gasteiger charge is -2.05. The zero-order valence-corrected chi connectivity index (χ0v) is 3.67. The van der Waals surface area contributed by atoms with Gasteiger partial charge in [-0.2, -0.15) is 8.78 Å². The molecule has 42 valence electrons. The summed E-state index contributed by atoms with van der Waals surface area (Å²) in [4.78, 5) is 0. The highest BCUT2D eigenvalue weighted by Crippen LogP contribution is 2.05. The van der Waals surface area contributed by atoms with Crippen LogP contribution in [0.25, 0.3) is 0 Å². The van der Waals surface area contributed by atoms with Crippen molar-refractivity contribution >= 4 is 0 Å². The van der Waals surface area contributed by atoms with E-state index in [1.54, 1.807) is 0 Å². The summed E-state index contributed by atoms with van der Waals surface area (Å²) >= 11 is 0. The van der Waals surface area contributed by atoms with E-state index in [9.17, 15) is 8.78 Å². The standard InChI is InChI=1S/C3H6F2N2/c4-3(5)6-1-2-7-3/h6-7H,1-2H2. The van der Waals surface area contributed by atoms with Gasteiger partial charge in [0.2, 0.25) is 0 Å². The lowest BCUT2D eigenvalue weighted by molar-refractivity contribution is -0.0375. The second kappa shape index (κ2) is 1.38. The highest BCUT2D eigenvalue weighted by Gasteiger charge is 2.31. The van der Waals surface area contributed by atoms with Gasteiger partial charge in [-0.1, -0.05) is 0 Å². The number of halogens is 2. The molecule has 0 atom stereocenters. The zero-order valence-electron chi connectivity index (χ0n) is 3.67. The summed E-state index contributed by atoms with van der Waals surface area (Å²) in [5.41, 5.74) is 0. The maximum atomic E-state index is 11.7. The van der Waals surface area contributed by atoms with Crippen LogP contribution >= 0.6 is 0 Å². The van der Waals surface area contributed by atoms with E-state index in [1.807, 2.05) is 10.6 Å². The fraction of sp³-hybridized carbons (Fsp3) is 1.00. The van der Waals surface area contributed by atoms with Crippen LogP contribution in [0.4, 0.5) is 8.78 Å². The topological polar surface area (TPSA) is 24.1 Å². The fourth-order valence-corrected chi connectivity index (χ4v) is 0.501. The lowest BCUT2D eigenvalue weighted by Crippen LogP contribution is -2.38. The molecule has 1 rings (SSSR count). The first-order chi connectivity index (χ1) is 3.21. The Hall–Kier alpha value is -0.220. The molecular weight excluding hydrogens is 102 g/mol. The second-order valence-corrected chi connectivity index (χ2v) is 1.43. The van der Waals surface area contributed by atoms with E-state index in [2.05, 4.69) is 0 Å². The monoisotopic (exact) mass is 108 g/mol. The first-order valence-electron chi connectivity index (χ1n) is 2.09. The van der Waals surface area contributed by atoms with Crippen molar-refractivity contribution in [2.75, 3.05) is 13.1 Å². The minimum absolute atomic E-state index is 0.354.